The van der Waals surface area contributed by atoms with Gasteiger partial charge in [-0.05, 0) is 60.7 Å². The van der Waals surface area contributed by atoms with Gasteiger partial charge in [0.25, 0.3) is 5.91 Å². The standard InChI is InChI=1S/C31H31N5O3/c1-5-12-36-25-11-6-17(33-24-9-7-18(38-3)14-26(24)39-4)13-20(25)28-21-15-32-31(37)29(21)27-19(30(28)36)8-10-23-22(27)16-35(2)34-23/h6-7,9,11,13-14,16,33H,5,8,10,12,15H2,1-4H3,(H,32,37). The van der Waals surface area contributed by atoms with Crippen LogP contribution in [0, 0.1) is 0 Å². The molecule has 1 aliphatic carbocycles. The van der Waals surface area contributed by atoms with Crippen LogP contribution >= 0.6 is 0 Å². The molecule has 0 atom stereocenters. The second-order valence-electron chi connectivity index (χ2n) is 10.4. The molecule has 1 amide bonds. The summed E-state index contributed by atoms with van der Waals surface area (Å²) in [5.41, 5.74) is 10.7. The van der Waals surface area contributed by atoms with Crippen LogP contribution in [0.15, 0.2) is 42.6 Å². The van der Waals surface area contributed by atoms with Gasteiger partial charge in [0.1, 0.15) is 11.5 Å². The monoisotopic (exact) mass is 521 g/mol. The normalized spacial score (nSPS) is 13.8. The van der Waals surface area contributed by atoms with Crippen molar-refractivity contribution in [3.05, 3.63) is 65.0 Å². The SMILES string of the molecule is CCCn1c2ccc(Nc3ccc(OC)cc3OC)cc2c2c3c(c4c(c21)CCc1nn(C)cc1-4)C(=O)NC3. The van der Waals surface area contributed by atoms with E-state index < -0.39 is 0 Å². The van der Waals surface area contributed by atoms with E-state index in [2.05, 4.69) is 46.5 Å². The molecule has 8 heteroatoms. The fourth-order valence-corrected chi connectivity index (χ4v) is 6.51. The number of aryl methyl sites for hydroxylation is 4. The van der Waals surface area contributed by atoms with Gasteiger partial charge in [-0.25, -0.2) is 0 Å². The van der Waals surface area contributed by atoms with Crippen LogP contribution in [0.25, 0.3) is 32.9 Å². The van der Waals surface area contributed by atoms with Crippen LogP contribution in [0.5, 0.6) is 11.5 Å². The lowest BCUT2D eigenvalue weighted by atomic mass is 9.82. The average Bonchev–Trinajstić information content (AvgIpc) is 3.61. The number of benzene rings is 3. The topological polar surface area (TPSA) is 82.3 Å². The molecule has 0 saturated carbocycles. The first kappa shape index (κ1) is 23.6. The van der Waals surface area contributed by atoms with Crippen molar-refractivity contribution in [1.82, 2.24) is 19.7 Å². The molecule has 0 radical (unpaired) electrons. The highest BCUT2D eigenvalue weighted by Gasteiger charge is 2.35. The van der Waals surface area contributed by atoms with Gasteiger partial charge in [-0.2, -0.15) is 5.10 Å². The fraction of sp³-hybridized carbons (Fsp3) is 0.290. The number of fused-ring (bicyclic) bond motifs is 10. The number of hydrogen-bond donors (Lipinski definition) is 2. The summed E-state index contributed by atoms with van der Waals surface area (Å²) in [7, 11) is 5.26. The van der Waals surface area contributed by atoms with E-state index in [-0.39, 0.29) is 5.91 Å². The lowest BCUT2D eigenvalue weighted by molar-refractivity contribution is 0.0966. The maximum absolute atomic E-state index is 13.3. The fourth-order valence-electron chi connectivity index (χ4n) is 6.51. The zero-order valence-corrected chi connectivity index (χ0v) is 22.6. The molecule has 5 aromatic rings. The number of ether oxygens (including phenoxy) is 2. The summed E-state index contributed by atoms with van der Waals surface area (Å²) >= 11 is 0. The van der Waals surface area contributed by atoms with Crippen molar-refractivity contribution in [3.63, 3.8) is 0 Å². The van der Waals surface area contributed by atoms with Crippen LogP contribution in [-0.4, -0.2) is 34.5 Å². The van der Waals surface area contributed by atoms with Crippen molar-refractivity contribution in [3.8, 4) is 22.6 Å². The van der Waals surface area contributed by atoms with Crippen molar-refractivity contribution in [2.45, 2.75) is 39.3 Å². The molecule has 8 nitrogen and oxygen atoms in total. The van der Waals surface area contributed by atoms with Gasteiger partial charge in [-0.3, -0.25) is 9.48 Å². The van der Waals surface area contributed by atoms with Gasteiger partial charge in [0.05, 0.1) is 36.7 Å². The van der Waals surface area contributed by atoms with E-state index in [4.69, 9.17) is 14.6 Å². The van der Waals surface area contributed by atoms with Gasteiger partial charge in [0.2, 0.25) is 0 Å². The smallest absolute Gasteiger partial charge is 0.252 e. The summed E-state index contributed by atoms with van der Waals surface area (Å²) in [4.78, 5) is 13.3. The summed E-state index contributed by atoms with van der Waals surface area (Å²) < 4.78 is 15.3. The Labute approximate surface area is 226 Å². The molecule has 7 rings (SSSR count). The molecule has 198 valence electrons. The number of rotatable bonds is 6. The van der Waals surface area contributed by atoms with E-state index in [1.807, 2.05) is 29.9 Å². The van der Waals surface area contributed by atoms with E-state index in [0.717, 1.165) is 76.3 Å². The molecule has 3 heterocycles. The number of nitrogens with one attached hydrogen (secondary N) is 2. The van der Waals surface area contributed by atoms with E-state index in [9.17, 15) is 4.79 Å². The van der Waals surface area contributed by atoms with Gasteiger partial charge >= 0.3 is 0 Å². The molecule has 39 heavy (non-hydrogen) atoms. The Kier molecular flexibility index (Phi) is 5.33. The highest BCUT2D eigenvalue weighted by Crippen LogP contribution is 2.47. The minimum Gasteiger partial charge on any atom is -0.497 e. The second-order valence-corrected chi connectivity index (χ2v) is 10.4. The number of carbonyl (C=O) groups is 1. The van der Waals surface area contributed by atoms with Crippen LogP contribution in [0.4, 0.5) is 11.4 Å². The summed E-state index contributed by atoms with van der Waals surface area (Å²) in [6.45, 7) is 3.65. The predicted octanol–water partition coefficient (Wildman–Crippen LogP) is 5.71. The number of anilines is 2. The molecule has 0 fully saturated rings. The van der Waals surface area contributed by atoms with Crippen LogP contribution in [0.3, 0.4) is 0 Å². The highest BCUT2D eigenvalue weighted by molar-refractivity contribution is 6.20. The van der Waals surface area contributed by atoms with E-state index in [1.54, 1.807) is 14.2 Å². The summed E-state index contributed by atoms with van der Waals surface area (Å²) in [5, 5.41) is 13.7. The molecule has 2 aliphatic rings. The Morgan fingerprint density at radius 1 is 1.05 bits per heavy atom. The van der Waals surface area contributed by atoms with Crippen molar-refractivity contribution in [1.29, 1.82) is 0 Å². The molecule has 3 aromatic carbocycles. The van der Waals surface area contributed by atoms with Crippen molar-refractivity contribution < 1.29 is 14.3 Å². The van der Waals surface area contributed by atoms with E-state index in [0.29, 0.717) is 12.3 Å². The van der Waals surface area contributed by atoms with Gasteiger partial charge in [-0.15, -0.1) is 0 Å². The van der Waals surface area contributed by atoms with Gasteiger partial charge in [0, 0.05) is 65.5 Å². The highest BCUT2D eigenvalue weighted by atomic mass is 16.5. The van der Waals surface area contributed by atoms with Crippen molar-refractivity contribution in [2.75, 3.05) is 19.5 Å². The maximum Gasteiger partial charge on any atom is 0.252 e. The minimum atomic E-state index is 0.00786. The number of aromatic nitrogens is 3. The molecule has 0 bridgehead atoms. The van der Waals surface area contributed by atoms with E-state index in [1.165, 1.54) is 22.0 Å². The zero-order valence-electron chi connectivity index (χ0n) is 22.6. The molecule has 0 unspecified atom stereocenters. The van der Waals surface area contributed by atoms with Crippen LogP contribution in [0.2, 0.25) is 0 Å². The number of nitrogens with zero attached hydrogens (tertiary/aromatic N) is 3. The molecular formula is C31H31N5O3. The molecule has 0 saturated heterocycles. The Balaban J connectivity index is 1.50. The van der Waals surface area contributed by atoms with Crippen LogP contribution < -0.4 is 20.1 Å². The first-order valence-corrected chi connectivity index (χ1v) is 13.5. The first-order valence-electron chi connectivity index (χ1n) is 13.5. The molecular weight excluding hydrogens is 490 g/mol. The van der Waals surface area contributed by atoms with Crippen LogP contribution in [-0.2, 0) is 33.0 Å². The lowest BCUT2D eigenvalue weighted by Crippen LogP contribution is -2.15. The number of carbonyl (C=O) groups excluding carboxylic acids is 1. The second kappa shape index (κ2) is 8.80. The quantitative estimate of drug-likeness (QED) is 0.299. The average molecular weight is 522 g/mol. The molecule has 2 N–H and O–H groups in total. The Morgan fingerprint density at radius 3 is 2.72 bits per heavy atom. The Bertz CT molecular complexity index is 1810. The van der Waals surface area contributed by atoms with E-state index >= 15 is 0 Å². The summed E-state index contributed by atoms with van der Waals surface area (Å²) in [5.74, 6) is 1.46. The van der Waals surface area contributed by atoms with Crippen molar-refractivity contribution in [2.24, 2.45) is 7.05 Å². The third kappa shape index (κ3) is 3.44. The predicted molar refractivity (Wildman–Crippen MR) is 153 cm³/mol. The number of methoxy groups -OCH3 is 2. The third-order valence-corrected chi connectivity index (χ3v) is 8.08. The Hall–Kier alpha value is -4.46. The Morgan fingerprint density at radius 2 is 1.92 bits per heavy atom. The van der Waals surface area contributed by atoms with Gasteiger partial charge in [0.15, 0.2) is 0 Å². The maximum atomic E-state index is 13.3. The number of hydrogen-bond acceptors (Lipinski definition) is 5. The summed E-state index contributed by atoms with van der Waals surface area (Å²) in [6, 6.07) is 12.3. The van der Waals surface area contributed by atoms with Crippen molar-refractivity contribution >= 4 is 39.1 Å². The third-order valence-electron chi connectivity index (χ3n) is 8.08. The number of amides is 1. The zero-order chi connectivity index (χ0) is 26.8. The first-order chi connectivity index (χ1) is 19.0. The van der Waals surface area contributed by atoms with Gasteiger partial charge in [-0.1, -0.05) is 6.92 Å². The van der Waals surface area contributed by atoms with Gasteiger partial charge < -0.3 is 24.7 Å². The summed E-state index contributed by atoms with van der Waals surface area (Å²) in [6.07, 6.45) is 4.83. The van der Waals surface area contributed by atoms with Crippen LogP contribution in [0.1, 0.15) is 40.5 Å². The molecule has 2 aromatic heterocycles. The minimum absolute atomic E-state index is 0.00786. The lowest BCUT2D eigenvalue weighted by Gasteiger charge is -2.21. The largest absolute Gasteiger partial charge is 0.497 e. The molecule has 1 aliphatic heterocycles. The molecule has 0 spiro atoms.